The van der Waals surface area contributed by atoms with Gasteiger partial charge in [-0.3, -0.25) is 9.59 Å². The van der Waals surface area contributed by atoms with Gasteiger partial charge in [-0.15, -0.1) is 0 Å². The van der Waals surface area contributed by atoms with Crippen LogP contribution in [0, 0.1) is 0 Å². The lowest BCUT2D eigenvalue weighted by atomic mass is 10.00. The first-order valence-electron chi connectivity index (χ1n) is 10.1. The molecule has 4 rings (SSSR count). The molecule has 2 amide bonds. The largest absolute Gasteiger partial charge is 0.483 e. The maximum absolute atomic E-state index is 12.7. The zero-order chi connectivity index (χ0) is 20.8. The Morgan fingerprint density at radius 1 is 0.867 bits per heavy atom. The molecule has 5 nitrogen and oxygen atoms in total. The van der Waals surface area contributed by atoms with Gasteiger partial charge in [0, 0.05) is 19.6 Å². The van der Waals surface area contributed by atoms with Gasteiger partial charge in [-0.2, -0.15) is 0 Å². The van der Waals surface area contributed by atoms with Crippen LogP contribution in [0.1, 0.15) is 27.0 Å². The highest BCUT2D eigenvalue weighted by Gasteiger charge is 2.21. The number of ether oxygens (including phenoxy) is 1. The van der Waals surface area contributed by atoms with Crippen molar-refractivity contribution in [1.82, 2.24) is 10.2 Å². The van der Waals surface area contributed by atoms with Crippen molar-refractivity contribution in [3.8, 4) is 5.75 Å². The lowest BCUT2D eigenvalue weighted by molar-refractivity contribution is -0.134. The molecule has 0 spiro atoms. The first kappa shape index (κ1) is 19.7. The summed E-state index contributed by atoms with van der Waals surface area (Å²) in [5.74, 6) is 0.103. The summed E-state index contributed by atoms with van der Waals surface area (Å²) in [6.45, 7) is 1.61. The Morgan fingerprint density at radius 2 is 1.57 bits per heavy atom. The Labute approximate surface area is 176 Å². The molecule has 0 atom stereocenters. The van der Waals surface area contributed by atoms with E-state index >= 15 is 0 Å². The molecule has 3 aromatic rings. The van der Waals surface area contributed by atoms with Gasteiger partial charge in [-0.1, -0.05) is 66.7 Å². The Hall–Kier alpha value is -3.60. The van der Waals surface area contributed by atoms with Crippen molar-refractivity contribution in [2.45, 2.75) is 19.5 Å². The summed E-state index contributed by atoms with van der Waals surface area (Å²) in [6, 6.07) is 24.9. The van der Waals surface area contributed by atoms with Crippen LogP contribution >= 0.6 is 0 Å². The number of nitrogens with zero attached hydrogens (tertiary/aromatic N) is 1. The van der Waals surface area contributed by atoms with Crippen LogP contribution in [0.15, 0.2) is 78.9 Å². The molecule has 1 aliphatic heterocycles. The fourth-order valence-electron chi connectivity index (χ4n) is 3.59. The number of benzene rings is 3. The molecule has 0 fully saturated rings. The molecule has 0 aromatic heterocycles. The van der Waals surface area contributed by atoms with Gasteiger partial charge in [0.25, 0.3) is 11.8 Å². The second-order valence-corrected chi connectivity index (χ2v) is 7.29. The number of nitrogens with one attached hydrogen (secondary N) is 1. The van der Waals surface area contributed by atoms with E-state index in [-0.39, 0.29) is 18.4 Å². The summed E-state index contributed by atoms with van der Waals surface area (Å²) in [7, 11) is 0. The molecule has 1 aliphatic rings. The van der Waals surface area contributed by atoms with Gasteiger partial charge in [0.05, 0.1) is 5.56 Å². The first-order chi connectivity index (χ1) is 14.7. The lowest BCUT2D eigenvalue weighted by Crippen LogP contribution is -2.39. The van der Waals surface area contributed by atoms with Crippen LogP contribution in [-0.2, 0) is 24.3 Å². The third-order valence-electron chi connectivity index (χ3n) is 5.26. The van der Waals surface area contributed by atoms with E-state index in [2.05, 4.69) is 17.4 Å². The highest BCUT2D eigenvalue weighted by molar-refractivity contribution is 5.97. The van der Waals surface area contributed by atoms with E-state index < -0.39 is 0 Å². The van der Waals surface area contributed by atoms with Crippen molar-refractivity contribution in [3.05, 3.63) is 101 Å². The molecular formula is C25H24N2O3. The predicted octanol–water partition coefficient (Wildman–Crippen LogP) is 3.58. The van der Waals surface area contributed by atoms with Gasteiger partial charge in [0.15, 0.2) is 6.61 Å². The van der Waals surface area contributed by atoms with Crippen molar-refractivity contribution in [2.24, 2.45) is 0 Å². The maximum atomic E-state index is 12.7. The van der Waals surface area contributed by atoms with E-state index in [9.17, 15) is 9.59 Å². The number of hydrogen-bond donors (Lipinski definition) is 1. The smallest absolute Gasteiger partial charge is 0.260 e. The van der Waals surface area contributed by atoms with Crippen LogP contribution in [0.2, 0.25) is 0 Å². The monoisotopic (exact) mass is 400 g/mol. The van der Waals surface area contributed by atoms with Crippen LogP contribution in [0.25, 0.3) is 0 Å². The predicted molar refractivity (Wildman–Crippen MR) is 115 cm³/mol. The minimum atomic E-state index is -0.228. The minimum Gasteiger partial charge on any atom is -0.483 e. The van der Waals surface area contributed by atoms with E-state index in [1.165, 1.54) is 11.1 Å². The molecule has 0 bridgehead atoms. The highest BCUT2D eigenvalue weighted by atomic mass is 16.5. The van der Waals surface area contributed by atoms with Crippen LogP contribution in [-0.4, -0.2) is 29.9 Å². The average molecular weight is 400 g/mol. The Morgan fingerprint density at radius 3 is 2.40 bits per heavy atom. The molecule has 30 heavy (non-hydrogen) atoms. The van der Waals surface area contributed by atoms with Gasteiger partial charge in [-0.05, 0) is 35.2 Å². The fourth-order valence-corrected chi connectivity index (χ4v) is 3.59. The molecule has 0 radical (unpaired) electrons. The molecule has 152 valence electrons. The number of rotatable bonds is 6. The van der Waals surface area contributed by atoms with Gasteiger partial charge < -0.3 is 15.0 Å². The summed E-state index contributed by atoms with van der Waals surface area (Å²) < 4.78 is 5.76. The molecule has 0 aliphatic carbocycles. The zero-order valence-electron chi connectivity index (χ0n) is 16.7. The lowest BCUT2D eigenvalue weighted by Gasteiger charge is -2.28. The maximum Gasteiger partial charge on any atom is 0.260 e. The first-order valence-corrected chi connectivity index (χ1v) is 10.1. The molecule has 3 aromatic carbocycles. The Balaban J connectivity index is 1.36. The van der Waals surface area contributed by atoms with Crippen LogP contribution in [0.3, 0.4) is 0 Å². The third kappa shape index (κ3) is 4.69. The van der Waals surface area contributed by atoms with Crippen molar-refractivity contribution < 1.29 is 14.3 Å². The van der Waals surface area contributed by atoms with Crippen molar-refractivity contribution in [2.75, 3.05) is 13.2 Å². The summed E-state index contributed by atoms with van der Waals surface area (Å²) >= 11 is 0. The van der Waals surface area contributed by atoms with E-state index in [0.29, 0.717) is 30.9 Å². The zero-order valence-corrected chi connectivity index (χ0v) is 16.7. The van der Waals surface area contributed by atoms with E-state index in [1.54, 1.807) is 29.2 Å². The molecular weight excluding hydrogens is 376 g/mol. The SMILES string of the molecule is O=C(NCc1ccccc1)c1ccccc1OCC(=O)N1CCc2ccccc2C1. The van der Waals surface area contributed by atoms with Gasteiger partial charge >= 0.3 is 0 Å². The molecule has 0 saturated carbocycles. The number of para-hydroxylation sites is 1. The number of carbonyl (C=O) groups excluding carboxylic acids is 2. The molecule has 1 N–H and O–H groups in total. The number of carbonyl (C=O) groups is 2. The summed E-state index contributed by atoms with van der Waals surface area (Å²) in [4.78, 5) is 27.1. The van der Waals surface area contributed by atoms with Gasteiger partial charge in [0.2, 0.25) is 0 Å². The second-order valence-electron chi connectivity index (χ2n) is 7.29. The van der Waals surface area contributed by atoms with E-state index in [1.807, 2.05) is 42.5 Å². The topological polar surface area (TPSA) is 58.6 Å². The minimum absolute atomic E-state index is 0.0796. The third-order valence-corrected chi connectivity index (χ3v) is 5.26. The average Bonchev–Trinajstić information content (AvgIpc) is 2.81. The molecule has 1 heterocycles. The fraction of sp³-hybridized carbons (Fsp3) is 0.200. The van der Waals surface area contributed by atoms with Crippen molar-refractivity contribution in [1.29, 1.82) is 0 Å². The van der Waals surface area contributed by atoms with E-state index in [4.69, 9.17) is 4.74 Å². The number of hydrogen-bond acceptors (Lipinski definition) is 3. The van der Waals surface area contributed by atoms with E-state index in [0.717, 1.165) is 12.0 Å². The summed E-state index contributed by atoms with van der Waals surface area (Å²) in [5, 5.41) is 2.90. The number of amides is 2. The Bertz CT molecular complexity index is 1030. The molecule has 0 unspecified atom stereocenters. The quantitative estimate of drug-likeness (QED) is 0.688. The summed E-state index contributed by atoms with van der Waals surface area (Å²) in [6.07, 6.45) is 0.848. The highest BCUT2D eigenvalue weighted by Crippen LogP contribution is 2.20. The van der Waals surface area contributed by atoms with Crippen molar-refractivity contribution in [3.63, 3.8) is 0 Å². The standard InChI is InChI=1S/C25H24N2O3/c28-24(27-15-14-20-10-4-5-11-21(20)17-27)18-30-23-13-7-6-12-22(23)25(29)26-16-19-8-2-1-3-9-19/h1-13H,14-18H2,(H,26,29). The van der Waals surface area contributed by atoms with Crippen molar-refractivity contribution >= 4 is 11.8 Å². The van der Waals surface area contributed by atoms with Gasteiger partial charge in [-0.25, -0.2) is 0 Å². The van der Waals surface area contributed by atoms with Gasteiger partial charge in [0.1, 0.15) is 5.75 Å². The molecule has 0 saturated heterocycles. The van der Waals surface area contributed by atoms with Crippen LogP contribution < -0.4 is 10.1 Å². The second kappa shape index (κ2) is 9.27. The summed E-state index contributed by atoms with van der Waals surface area (Å²) in [5.41, 5.74) is 3.91. The number of fused-ring (bicyclic) bond motifs is 1. The van der Waals surface area contributed by atoms with Crippen LogP contribution in [0.5, 0.6) is 5.75 Å². The normalized spacial score (nSPS) is 12.7. The van der Waals surface area contributed by atoms with Crippen LogP contribution in [0.4, 0.5) is 0 Å². The Kier molecular flexibility index (Phi) is 6.09. The molecule has 5 heteroatoms.